The Kier molecular flexibility index (Phi) is 7.62. The predicted molar refractivity (Wildman–Crippen MR) is 129 cm³/mol. The van der Waals surface area contributed by atoms with Crippen LogP contribution < -0.4 is 0 Å². The second kappa shape index (κ2) is 8.08. The SMILES string of the molecule is CC(C)N(B1C([Si](C)(C)C)[B]C1(N(C(C)C)C(C)C)[Si](C)(C)C)C(C)C. The zero-order valence-corrected chi connectivity index (χ0v) is 22.4. The fourth-order valence-corrected chi connectivity index (χ4v) is 11.4. The first-order valence-electron chi connectivity index (χ1n) is 10.9. The minimum absolute atomic E-state index is 0.259. The molecule has 2 unspecified atom stereocenters. The van der Waals surface area contributed by atoms with Crippen LogP contribution in [-0.2, 0) is 0 Å². The van der Waals surface area contributed by atoms with Crippen LogP contribution in [0.2, 0.25) is 44.6 Å². The lowest BCUT2D eigenvalue weighted by atomic mass is 9.17. The molecular weight excluding hydrogens is 346 g/mol. The van der Waals surface area contributed by atoms with Gasteiger partial charge in [-0.15, -0.1) is 0 Å². The van der Waals surface area contributed by atoms with Crippen molar-refractivity contribution in [1.82, 2.24) is 9.71 Å². The summed E-state index contributed by atoms with van der Waals surface area (Å²) in [7, 11) is 0.0790. The number of rotatable bonds is 8. The van der Waals surface area contributed by atoms with E-state index < -0.39 is 16.1 Å². The molecule has 26 heavy (non-hydrogen) atoms. The third-order valence-corrected chi connectivity index (χ3v) is 12.1. The van der Waals surface area contributed by atoms with E-state index in [1.165, 1.54) is 0 Å². The van der Waals surface area contributed by atoms with Gasteiger partial charge in [-0.25, -0.2) is 0 Å². The highest BCUT2D eigenvalue weighted by Crippen LogP contribution is 2.51. The van der Waals surface area contributed by atoms with Crippen LogP contribution in [-0.4, -0.2) is 69.1 Å². The van der Waals surface area contributed by atoms with Crippen LogP contribution >= 0.6 is 0 Å². The molecule has 1 radical (unpaired) electrons. The Balaban J connectivity index is 3.67. The minimum atomic E-state index is -1.50. The molecule has 0 aliphatic carbocycles. The van der Waals surface area contributed by atoms with E-state index in [2.05, 4.69) is 112 Å². The molecule has 1 fully saturated rings. The average molecular weight is 393 g/mol. The van der Waals surface area contributed by atoms with E-state index in [-0.39, 0.29) is 4.96 Å². The first-order valence-corrected chi connectivity index (χ1v) is 18.0. The van der Waals surface area contributed by atoms with Crippen molar-refractivity contribution in [3.63, 3.8) is 0 Å². The van der Waals surface area contributed by atoms with Crippen molar-refractivity contribution in [1.29, 1.82) is 0 Å². The second-order valence-corrected chi connectivity index (χ2v) is 22.5. The van der Waals surface area contributed by atoms with E-state index in [1.54, 1.807) is 0 Å². The Morgan fingerprint density at radius 3 is 1.35 bits per heavy atom. The summed E-state index contributed by atoms with van der Waals surface area (Å²) >= 11 is 0. The smallest absolute Gasteiger partial charge is 0.225 e. The molecule has 0 bridgehead atoms. The molecule has 1 aliphatic rings. The molecule has 0 aromatic heterocycles. The molecule has 0 aromatic carbocycles. The van der Waals surface area contributed by atoms with Crippen LogP contribution in [0.15, 0.2) is 0 Å². The molecule has 0 amide bonds. The average Bonchev–Trinajstić information content (AvgIpc) is 2.34. The van der Waals surface area contributed by atoms with Gasteiger partial charge in [0.25, 0.3) is 0 Å². The fourth-order valence-electron chi connectivity index (χ4n) is 5.76. The van der Waals surface area contributed by atoms with E-state index in [0.717, 1.165) is 5.34 Å². The zero-order chi connectivity index (χ0) is 20.8. The minimum Gasteiger partial charge on any atom is -0.337 e. The van der Waals surface area contributed by atoms with Gasteiger partial charge in [-0.2, -0.15) is 0 Å². The van der Waals surface area contributed by atoms with Gasteiger partial charge in [0.15, 0.2) is 0 Å². The van der Waals surface area contributed by atoms with Gasteiger partial charge in [0.2, 0.25) is 6.85 Å². The normalized spacial score (nSPS) is 25.1. The van der Waals surface area contributed by atoms with Gasteiger partial charge < -0.3 is 9.71 Å². The Labute approximate surface area is 169 Å². The van der Waals surface area contributed by atoms with Crippen molar-refractivity contribution < 1.29 is 0 Å². The van der Waals surface area contributed by atoms with Gasteiger partial charge in [-0.05, 0) is 44.7 Å². The highest BCUT2D eigenvalue weighted by molar-refractivity contribution is 7.19. The lowest BCUT2D eigenvalue weighted by molar-refractivity contribution is 0.143. The van der Waals surface area contributed by atoms with Gasteiger partial charge >= 0.3 is 0 Å². The van der Waals surface area contributed by atoms with Crippen molar-refractivity contribution >= 4 is 30.3 Å². The molecule has 2 atom stereocenters. The molecule has 1 saturated heterocycles. The summed E-state index contributed by atoms with van der Waals surface area (Å²) in [5.41, 5.74) is 0. The summed E-state index contributed by atoms with van der Waals surface area (Å²) in [6, 6.07) is 2.32. The van der Waals surface area contributed by atoms with Crippen molar-refractivity contribution in [2.24, 2.45) is 0 Å². The second-order valence-electron chi connectivity index (χ2n) is 11.8. The molecule has 0 aromatic rings. The number of hydrogen-bond donors (Lipinski definition) is 0. The molecule has 151 valence electrons. The van der Waals surface area contributed by atoms with Gasteiger partial charge in [-0.1, -0.05) is 72.3 Å². The summed E-state index contributed by atoms with van der Waals surface area (Å²) in [5, 5.41) is 0.777. The summed E-state index contributed by atoms with van der Waals surface area (Å²) in [5.74, 6) is 0. The van der Waals surface area contributed by atoms with E-state index in [9.17, 15) is 0 Å². The molecule has 0 N–H and O–H groups in total. The first-order chi connectivity index (χ1) is 11.5. The summed E-state index contributed by atoms with van der Waals surface area (Å²) < 4.78 is 0. The Bertz CT molecular complexity index is 453. The maximum Gasteiger partial charge on any atom is 0.225 e. The third kappa shape index (κ3) is 4.23. The quantitative estimate of drug-likeness (QED) is 0.520. The largest absolute Gasteiger partial charge is 0.337 e. The van der Waals surface area contributed by atoms with Crippen molar-refractivity contribution in [3.8, 4) is 0 Å². The van der Waals surface area contributed by atoms with Crippen molar-refractivity contribution in [2.75, 3.05) is 0 Å². The maximum atomic E-state index is 2.89. The van der Waals surface area contributed by atoms with E-state index >= 15 is 0 Å². The molecule has 1 heterocycles. The lowest BCUT2D eigenvalue weighted by Crippen LogP contribution is -2.91. The molecule has 6 heteroatoms. The topological polar surface area (TPSA) is 6.48 Å². The van der Waals surface area contributed by atoms with Gasteiger partial charge in [0.1, 0.15) is 7.28 Å². The molecule has 0 saturated carbocycles. The Morgan fingerprint density at radius 1 is 0.731 bits per heavy atom. The van der Waals surface area contributed by atoms with Crippen LogP contribution in [0, 0.1) is 0 Å². The Morgan fingerprint density at radius 2 is 1.12 bits per heavy atom. The lowest BCUT2D eigenvalue weighted by Gasteiger charge is -2.71. The van der Waals surface area contributed by atoms with Crippen molar-refractivity contribution in [3.05, 3.63) is 0 Å². The van der Waals surface area contributed by atoms with E-state index in [1.807, 2.05) is 0 Å². The third-order valence-electron chi connectivity index (χ3n) is 6.48. The fraction of sp³-hybridized carbons (Fsp3) is 1.00. The zero-order valence-electron chi connectivity index (χ0n) is 20.4. The van der Waals surface area contributed by atoms with Crippen LogP contribution in [0.3, 0.4) is 0 Å². The van der Waals surface area contributed by atoms with Gasteiger partial charge in [0, 0.05) is 20.2 Å². The highest BCUT2D eigenvalue weighted by Gasteiger charge is 2.70. The monoisotopic (exact) mass is 393 g/mol. The van der Waals surface area contributed by atoms with Gasteiger partial charge in [0.05, 0.1) is 8.07 Å². The molecule has 1 rings (SSSR count). The summed E-state index contributed by atoms with van der Waals surface area (Å²) in [6.45, 7) is 35.4. The van der Waals surface area contributed by atoms with Crippen LogP contribution in [0.4, 0.5) is 0 Å². The number of nitrogens with zero attached hydrogens (tertiary/aromatic N) is 2. The van der Waals surface area contributed by atoms with Crippen LogP contribution in [0.5, 0.6) is 0 Å². The summed E-state index contributed by atoms with van der Waals surface area (Å²) in [4.78, 5) is 6.02. The standard InChI is InChI=1S/C20H47B2N2Si2/c1-15(2)23(16(3)4)20(26(12,13)14)21-19(25(9,10)11)22(20)24(17(5)6)18(7)8/h15-19H,1-14H3. The first kappa shape index (κ1) is 24.5. The van der Waals surface area contributed by atoms with E-state index in [0.29, 0.717) is 31.0 Å². The molecule has 2 nitrogen and oxygen atoms in total. The molecule has 1 aliphatic heterocycles. The Hall–Kier alpha value is 0.484. The number of hydrogen-bond acceptors (Lipinski definition) is 2. The highest BCUT2D eigenvalue weighted by atomic mass is 28.3. The van der Waals surface area contributed by atoms with Crippen molar-refractivity contribution in [2.45, 2.75) is 129 Å². The predicted octanol–water partition coefficient (Wildman–Crippen LogP) is 5.25. The molecule has 0 spiro atoms. The molecular formula is C20H47B2N2Si2. The van der Waals surface area contributed by atoms with Gasteiger partial charge in [-0.3, -0.25) is 0 Å². The summed E-state index contributed by atoms with van der Waals surface area (Å²) in [6.07, 6.45) is 0. The van der Waals surface area contributed by atoms with Crippen LogP contribution in [0.1, 0.15) is 55.4 Å². The maximum absolute atomic E-state index is 2.89. The van der Waals surface area contributed by atoms with E-state index in [4.69, 9.17) is 0 Å². The van der Waals surface area contributed by atoms with Crippen LogP contribution in [0.25, 0.3) is 0 Å².